The molecule has 2 atom stereocenters. The van der Waals surface area contributed by atoms with Gasteiger partial charge in [0.05, 0.1) is 0 Å². The first-order valence-electron chi connectivity index (χ1n) is 7.73. The molecule has 0 bridgehead atoms. The fourth-order valence-corrected chi connectivity index (χ4v) is 5.15. The van der Waals surface area contributed by atoms with E-state index in [1.54, 1.807) is 13.8 Å². The minimum Gasteiger partial charge on any atom is -0.714 e. The van der Waals surface area contributed by atoms with E-state index in [1.165, 1.54) is 31.2 Å². The normalized spacial score (nSPS) is 27.9. The fourth-order valence-electron chi connectivity index (χ4n) is 3.13. The number of rotatable bonds is 3. The van der Waals surface area contributed by atoms with Crippen LogP contribution in [0.1, 0.15) is 32.8 Å². The summed E-state index contributed by atoms with van der Waals surface area (Å²) in [4.78, 5) is 9.43. The van der Waals surface area contributed by atoms with Gasteiger partial charge in [0, 0.05) is 16.5 Å². The number of hydrogen-bond acceptors (Lipinski definition) is 4. The van der Waals surface area contributed by atoms with Gasteiger partial charge in [-0.1, -0.05) is 22.0 Å². The van der Waals surface area contributed by atoms with E-state index in [0.29, 0.717) is 9.21 Å². The number of nitrogens with one attached hydrogen (secondary N) is 1. The highest BCUT2D eigenvalue weighted by Gasteiger charge is 2.62. The molecule has 0 spiro atoms. The summed E-state index contributed by atoms with van der Waals surface area (Å²) in [6.45, 7) is 8.23. The van der Waals surface area contributed by atoms with Crippen LogP contribution in [0.2, 0.25) is 0 Å². The summed E-state index contributed by atoms with van der Waals surface area (Å²) in [5.41, 5.74) is -1.87. The molecule has 9 heteroatoms. The third kappa shape index (κ3) is 3.23. The minimum absolute atomic E-state index is 0.0113. The lowest BCUT2D eigenvalue weighted by molar-refractivity contribution is -0.579. The van der Waals surface area contributed by atoms with Gasteiger partial charge >= 0.3 is 6.09 Å². The van der Waals surface area contributed by atoms with Crippen molar-refractivity contribution in [1.82, 2.24) is 5.32 Å². The Morgan fingerprint density at radius 3 is 2.65 bits per heavy atom. The van der Waals surface area contributed by atoms with Crippen LogP contribution in [0.3, 0.4) is 0 Å². The Morgan fingerprint density at radius 1 is 1.50 bits per heavy atom. The van der Waals surface area contributed by atoms with Crippen LogP contribution in [0.4, 0.5) is 9.18 Å². The van der Waals surface area contributed by atoms with Gasteiger partial charge in [-0.3, -0.25) is 4.74 Å². The molecule has 6 nitrogen and oxygen atoms in total. The lowest BCUT2D eigenvalue weighted by atomic mass is 9.83. The van der Waals surface area contributed by atoms with E-state index in [9.17, 15) is 19.5 Å². The molecule has 0 unspecified atom stereocenters. The van der Waals surface area contributed by atoms with Gasteiger partial charge in [0.1, 0.15) is 10.6 Å². The van der Waals surface area contributed by atoms with Crippen LogP contribution in [0.5, 0.6) is 0 Å². The van der Waals surface area contributed by atoms with Gasteiger partial charge in [0.2, 0.25) is 0 Å². The van der Waals surface area contributed by atoms with Crippen molar-refractivity contribution in [3.05, 3.63) is 51.9 Å². The van der Waals surface area contributed by atoms with Gasteiger partial charge in [0.25, 0.3) is 5.84 Å². The number of halogens is 2. The van der Waals surface area contributed by atoms with E-state index >= 15 is 0 Å². The molecule has 0 aliphatic carbocycles. The number of hydroxylamine groups is 1. The number of amidine groups is 1. The van der Waals surface area contributed by atoms with Gasteiger partial charge < -0.3 is 15.4 Å². The standard InChI is InChI=1S/C17H20BrFN2O4S/c1-5-8-17(24)16(4,11-9-10(18)6-7-12(11)19)21(25)13(20-14(22)23)15(2,3)26-17/h5-7,9,20,24H,1,8H2,2-4H3,(H,22,23)/t16-,17-/m1/s1. The van der Waals surface area contributed by atoms with E-state index in [1.807, 2.05) is 0 Å². The lowest BCUT2D eigenvalue weighted by Gasteiger charge is -2.52. The quantitative estimate of drug-likeness (QED) is 0.373. The largest absolute Gasteiger partial charge is 0.714 e. The molecule has 0 saturated carbocycles. The predicted molar refractivity (Wildman–Crippen MR) is 103 cm³/mol. The second-order valence-electron chi connectivity index (χ2n) is 6.66. The number of thioether (sulfide) groups is 1. The number of benzene rings is 1. The Morgan fingerprint density at radius 2 is 2.12 bits per heavy atom. The molecule has 0 radical (unpaired) electrons. The number of carboxylic acid groups (broad SMARTS) is 1. The summed E-state index contributed by atoms with van der Waals surface area (Å²) in [5, 5.41) is 36.0. The number of aliphatic hydroxyl groups is 1. The zero-order valence-electron chi connectivity index (χ0n) is 14.5. The average molecular weight is 447 g/mol. The maximum Gasteiger partial charge on any atom is 0.502 e. The smallest absolute Gasteiger partial charge is 0.502 e. The number of hydrogen-bond donors (Lipinski definition) is 3. The molecule has 0 saturated heterocycles. The van der Waals surface area contributed by atoms with E-state index in [2.05, 4.69) is 27.8 Å². The summed E-state index contributed by atoms with van der Waals surface area (Å²) in [5.74, 6) is -0.875. The van der Waals surface area contributed by atoms with Crippen LogP contribution in [0.25, 0.3) is 0 Å². The highest BCUT2D eigenvalue weighted by molar-refractivity contribution is 9.10. The molecular weight excluding hydrogens is 427 g/mol. The van der Waals surface area contributed by atoms with E-state index in [-0.39, 0.29) is 17.8 Å². The van der Waals surface area contributed by atoms with Crippen LogP contribution in [-0.2, 0) is 5.54 Å². The van der Waals surface area contributed by atoms with Crippen molar-refractivity contribution in [2.75, 3.05) is 0 Å². The van der Waals surface area contributed by atoms with E-state index in [0.717, 1.165) is 11.8 Å². The number of carbonyl (C=O) groups is 1. The van der Waals surface area contributed by atoms with Crippen molar-refractivity contribution < 1.29 is 24.1 Å². The Kier molecular flexibility index (Phi) is 5.47. The molecule has 3 N–H and O–H groups in total. The molecule has 1 aromatic rings. The van der Waals surface area contributed by atoms with Crippen molar-refractivity contribution in [1.29, 1.82) is 0 Å². The van der Waals surface area contributed by atoms with Gasteiger partial charge in [-0.2, -0.15) is 10.1 Å². The molecule has 2 rings (SSSR count). The fraction of sp³-hybridized carbons (Fsp3) is 0.412. The molecule has 1 aliphatic heterocycles. The highest BCUT2D eigenvalue weighted by atomic mass is 79.9. The second kappa shape index (κ2) is 6.86. The third-order valence-electron chi connectivity index (χ3n) is 4.46. The Labute approximate surface area is 163 Å². The lowest BCUT2D eigenvalue weighted by Crippen LogP contribution is -2.65. The Balaban J connectivity index is 2.88. The Hall–Kier alpha value is -1.58. The van der Waals surface area contributed by atoms with Crippen molar-refractivity contribution in [2.45, 2.75) is 42.4 Å². The van der Waals surface area contributed by atoms with E-state index < -0.39 is 27.1 Å². The van der Waals surface area contributed by atoms with Crippen LogP contribution >= 0.6 is 27.7 Å². The van der Waals surface area contributed by atoms with Crippen LogP contribution in [0, 0.1) is 11.0 Å². The third-order valence-corrected chi connectivity index (χ3v) is 6.56. The van der Waals surface area contributed by atoms with Gasteiger partial charge in [-0.15, -0.1) is 18.3 Å². The maximum absolute atomic E-state index is 14.7. The van der Waals surface area contributed by atoms with Crippen molar-refractivity contribution in [2.24, 2.45) is 0 Å². The predicted octanol–water partition coefficient (Wildman–Crippen LogP) is 3.77. The van der Waals surface area contributed by atoms with Gasteiger partial charge in [-0.05, 0) is 39.0 Å². The van der Waals surface area contributed by atoms with Crippen LogP contribution in [-0.4, -0.2) is 36.6 Å². The molecule has 1 aliphatic rings. The molecule has 1 aromatic carbocycles. The summed E-state index contributed by atoms with van der Waals surface area (Å²) in [6.07, 6.45) is 0.0179. The summed E-state index contributed by atoms with van der Waals surface area (Å²) in [6, 6.07) is 4.07. The summed E-state index contributed by atoms with van der Waals surface area (Å²) >= 11 is 4.23. The molecule has 1 amide bonds. The average Bonchev–Trinajstić information content (AvgIpc) is 2.51. The first-order valence-corrected chi connectivity index (χ1v) is 9.33. The molecular formula is C17H20BrFN2O4S. The highest BCUT2D eigenvalue weighted by Crippen LogP contribution is 2.54. The molecule has 142 valence electrons. The van der Waals surface area contributed by atoms with Gasteiger partial charge in [0.15, 0.2) is 10.5 Å². The zero-order chi connectivity index (χ0) is 19.9. The van der Waals surface area contributed by atoms with Crippen LogP contribution < -0.4 is 5.32 Å². The van der Waals surface area contributed by atoms with Crippen molar-refractivity contribution >= 4 is 39.6 Å². The zero-order valence-corrected chi connectivity index (χ0v) is 16.9. The summed E-state index contributed by atoms with van der Waals surface area (Å²) in [7, 11) is 0. The summed E-state index contributed by atoms with van der Waals surface area (Å²) < 4.78 is 14.5. The van der Waals surface area contributed by atoms with Gasteiger partial charge in [-0.25, -0.2) is 4.39 Å². The molecule has 1 heterocycles. The van der Waals surface area contributed by atoms with E-state index in [4.69, 9.17) is 5.11 Å². The first kappa shape index (κ1) is 20.7. The SMILES string of the molecule is C=CC[C@@]1(O)SC(C)(C)C(NC(=O)O)=[N+]([O-])[C@]1(C)c1cc(Br)ccc1F. The monoisotopic (exact) mass is 446 g/mol. The minimum atomic E-state index is -1.81. The second-order valence-corrected chi connectivity index (χ2v) is 9.47. The maximum atomic E-state index is 14.7. The Bertz CT molecular complexity index is 801. The topological polar surface area (TPSA) is 95.6 Å². The van der Waals surface area contributed by atoms with Crippen molar-refractivity contribution in [3.8, 4) is 0 Å². The first-order chi connectivity index (χ1) is 11.9. The van der Waals surface area contributed by atoms with Crippen LogP contribution in [0.15, 0.2) is 35.3 Å². The number of amides is 1. The molecule has 26 heavy (non-hydrogen) atoms. The molecule has 0 aromatic heterocycles. The molecule has 0 fully saturated rings. The van der Waals surface area contributed by atoms with Crippen molar-refractivity contribution in [3.63, 3.8) is 0 Å². The number of nitrogens with zero attached hydrogens (tertiary/aromatic N) is 1.